The topological polar surface area (TPSA) is 0 Å². The number of hydrogen-bond donors (Lipinski definition) is 0. The van der Waals surface area contributed by atoms with E-state index in [1.807, 2.05) is 30.3 Å². The van der Waals surface area contributed by atoms with Crippen LogP contribution in [0.1, 0.15) is 0 Å². The molecule has 0 bridgehead atoms. The molecule has 3 heteroatoms. The molecule has 0 radical (unpaired) electrons. The van der Waals surface area contributed by atoms with Crippen molar-refractivity contribution in [3.63, 3.8) is 0 Å². The zero-order chi connectivity index (χ0) is 9.40. The molecule has 0 aliphatic heterocycles. The number of alkyl halides is 1. The number of hydrogen-bond acceptors (Lipinski definition) is 0. The number of rotatable bonds is 1. The minimum absolute atomic E-state index is 0.384. The van der Waals surface area contributed by atoms with Gasteiger partial charge in [0.2, 0.25) is 0 Å². The highest BCUT2D eigenvalue weighted by molar-refractivity contribution is 6.64. The Morgan fingerprint density at radius 3 is 1.75 bits per heavy atom. The van der Waals surface area contributed by atoms with E-state index in [0.29, 0.717) is 0 Å². The number of halogens is 2. The van der Waals surface area contributed by atoms with E-state index in [2.05, 4.69) is 13.1 Å². The summed E-state index contributed by atoms with van der Waals surface area (Å²) in [4.78, 5) is 0. The van der Waals surface area contributed by atoms with Gasteiger partial charge >= 0.3 is 0 Å². The first-order chi connectivity index (χ1) is 5.66. The summed E-state index contributed by atoms with van der Waals surface area (Å²) >= 11 is 10.9. The van der Waals surface area contributed by atoms with Gasteiger partial charge in [0.05, 0.1) is 0 Å². The molecule has 1 aromatic rings. The van der Waals surface area contributed by atoms with Crippen LogP contribution in [-0.2, 0) is 0 Å². The van der Waals surface area contributed by atoms with E-state index >= 15 is 0 Å². The zero-order valence-corrected chi connectivity index (χ0v) is 10.1. The summed E-state index contributed by atoms with van der Waals surface area (Å²) in [7, 11) is -0.384. The van der Waals surface area contributed by atoms with Crippen molar-refractivity contribution in [1.29, 1.82) is 0 Å². The maximum Gasteiger partial charge on any atom is 0.0479 e. The van der Waals surface area contributed by atoms with Crippen LogP contribution in [0.25, 0.3) is 0 Å². The van der Waals surface area contributed by atoms with Gasteiger partial charge in [-0.3, -0.25) is 0 Å². The van der Waals surface area contributed by atoms with E-state index in [1.54, 1.807) is 0 Å². The average Bonchev–Trinajstić information content (AvgIpc) is 2.07. The Morgan fingerprint density at radius 1 is 1.17 bits per heavy atom. The summed E-state index contributed by atoms with van der Waals surface area (Å²) in [6, 6.07) is 9.44. The van der Waals surface area contributed by atoms with Crippen molar-refractivity contribution in [2.24, 2.45) is 0 Å². The maximum atomic E-state index is 5.54. The van der Waals surface area contributed by atoms with E-state index in [-0.39, 0.29) is 8.80 Å². The third-order valence-corrected chi connectivity index (χ3v) is 3.76. The van der Waals surface area contributed by atoms with E-state index in [4.69, 9.17) is 23.2 Å². The summed E-state index contributed by atoms with van der Waals surface area (Å²) in [5.41, 5.74) is 0.917. The van der Waals surface area contributed by atoms with Gasteiger partial charge in [-0.2, -0.15) is 0 Å². The lowest BCUT2D eigenvalue weighted by molar-refractivity contribution is 1.71. The van der Waals surface area contributed by atoms with Crippen molar-refractivity contribution < 1.29 is 0 Å². The molecule has 1 aromatic carbocycles. The Balaban J connectivity index is 0.000000217. The summed E-state index contributed by atoms with van der Waals surface area (Å²) < 4.78 is 0. The Morgan fingerprint density at radius 2 is 1.58 bits per heavy atom. The van der Waals surface area contributed by atoms with Gasteiger partial charge in [0.15, 0.2) is 0 Å². The molecule has 1 rings (SSSR count). The molecule has 0 aliphatic rings. The molecule has 68 valence electrons. The van der Waals surface area contributed by atoms with Crippen LogP contribution in [0.2, 0.25) is 18.1 Å². The Bertz CT molecular complexity index is 187. The second kappa shape index (κ2) is 7.65. The molecule has 0 fully saturated rings. The van der Waals surface area contributed by atoms with Crippen LogP contribution in [0.15, 0.2) is 30.3 Å². The van der Waals surface area contributed by atoms with Crippen molar-refractivity contribution in [1.82, 2.24) is 0 Å². The van der Waals surface area contributed by atoms with Crippen LogP contribution < -0.4 is 0 Å². The highest BCUT2D eigenvalue weighted by Gasteiger charge is 1.85. The minimum Gasteiger partial charge on any atom is -0.131 e. The lowest BCUT2D eigenvalue weighted by Crippen LogP contribution is -1.99. The molecule has 0 aliphatic carbocycles. The second-order valence-corrected chi connectivity index (χ2v) is 7.30. The van der Waals surface area contributed by atoms with Crippen molar-refractivity contribution in [3.8, 4) is 0 Å². The molecule has 0 unspecified atom stereocenters. The molecule has 0 saturated heterocycles. The molecular formula is C9H14Cl2Si. The molecule has 0 spiro atoms. The van der Waals surface area contributed by atoms with Gasteiger partial charge in [0.25, 0.3) is 0 Å². The van der Waals surface area contributed by atoms with Crippen LogP contribution >= 0.6 is 23.2 Å². The fraction of sp³-hybridized carbons (Fsp3) is 0.333. The van der Waals surface area contributed by atoms with Crippen LogP contribution in [0.3, 0.4) is 0 Å². The second-order valence-electron chi connectivity index (χ2n) is 2.84. The predicted octanol–water partition coefficient (Wildman–Crippen LogP) is 3.59. The fourth-order valence-corrected chi connectivity index (χ4v) is 0.560. The third-order valence-electron chi connectivity index (χ3n) is 1.04. The quantitative estimate of drug-likeness (QED) is 0.502. The largest absolute Gasteiger partial charge is 0.131 e. The summed E-state index contributed by atoms with van der Waals surface area (Å²) in [6.07, 6.45) is 0. The van der Waals surface area contributed by atoms with Crippen LogP contribution in [0.5, 0.6) is 0 Å². The molecule has 0 heterocycles. The van der Waals surface area contributed by atoms with Gasteiger partial charge in [0, 0.05) is 19.3 Å². The third kappa shape index (κ3) is 8.12. The Hall–Kier alpha value is 0.0169. The van der Waals surface area contributed by atoms with Crippen LogP contribution in [0, 0.1) is 0 Å². The highest BCUT2D eigenvalue weighted by Crippen LogP contribution is 2.03. The van der Waals surface area contributed by atoms with Crippen molar-refractivity contribution >= 4 is 32.0 Å². The van der Waals surface area contributed by atoms with Crippen LogP contribution in [-0.4, -0.2) is 14.3 Å². The average molecular weight is 221 g/mol. The van der Waals surface area contributed by atoms with Crippen molar-refractivity contribution in [2.75, 3.05) is 5.50 Å². The lowest BCUT2D eigenvalue weighted by Gasteiger charge is -1.85. The lowest BCUT2D eigenvalue weighted by atomic mass is 10.4. The molecule has 0 N–H and O–H groups in total. The molecule has 12 heavy (non-hydrogen) atoms. The van der Waals surface area contributed by atoms with Crippen LogP contribution in [0.4, 0.5) is 0 Å². The molecular weight excluding hydrogens is 207 g/mol. The van der Waals surface area contributed by atoms with Gasteiger partial charge in [0.1, 0.15) is 0 Å². The Labute approximate surface area is 86.1 Å². The van der Waals surface area contributed by atoms with E-state index < -0.39 is 0 Å². The first-order valence-electron chi connectivity index (χ1n) is 3.93. The van der Waals surface area contributed by atoms with Crippen molar-refractivity contribution in [3.05, 3.63) is 35.4 Å². The molecule has 0 atom stereocenters. The standard InChI is InChI=1S/C6H5Cl.C3H9ClSi/c7-6-4-2-1-3-5-6;1-5(2)3-4/h1-5H;5H,3H2,1-2H3. The van der Waals surface area contributed by atoms with Gasteiger partial charge in [-0.25, -0.2) is 0 Å². The number of benzene rings is 1. The van der Waals surface area contributed by atoms with E-state index in [0.717, 1.165) is 10.5 Å². The normalized spacial score (nSPS) is 9.08. The summed E-state index contributed by atoms with van der Waals surface area (Å²) in [5.74, 6) is 0. The maximum absolute atomic E-state index is 5.54. The van der Waals surface area contributed by atoms with E-state index in [9.17, 15) is 0 Å². The summed E-state index contributed by atoms with van der Waals surface area (Å²) in [6.45, 7) is 4.46. The van der Waals surface area contributed by atoms with Crippen molar-refractivity contribution in [2.45, 2.75) is 13.1 Å². The molecule has 0 amide bonds. The van der Waals surface area contributed by atoms with Gasteiger partial charge < -0.3 is 0 Å². The minimum atomic E-state index is -0.384. The predicted molar refractivity (Wildman–Crippen MR) is 61.0 cm³/mol. The van der Waals surface area contributed by atoms with Gasteiger partial charge in [-0.1, -0.05) is 42.9 Å². The van der Waals surface area contributed by atoms with Gasteiger partial charge in [-0.05, 0) is 12.1 Å². The summed E-state index contributed by atoms with van der Waals surface area (Å²) in [5, 5.41) is 0.794. The smallest absolute Gasteiger partial charge is 0.0479 e. The monoisotopic (exact) mass is 220 g/mol. The molecule has 0 saturated carbocycles. The Kier molecular flexibility index (Phi) is 7.67. The van der Waals surface area contributed by atoms with Gasteiger partial charge in [-0.15, -0.1) is 11.6 Å². The molecule has 0 aromatic heterocycles. The van der Waals surface area contributed by atoms with E-state index in [1.165, 1.54) is 0 Å². The first kappa shape index (κ1) is 12.0. The first-order valence-corrected chi connectivity index (χ1v) is 7.97. The fourth-order valence-electron chi connectivity index (χ4n) is 0.415. The highest BCUT2D eigenvalue weighted by atomic mass is 35.5. The zero-order valence-electron chi connectivity index (χ0n) is 7.43. The SMILES string of the molecule is C[SiH](C)CCl.Clc1ccccc1. The molecule has 0 nitrogen and oxygen atoms in total.